The van der Waals surface area contributed by atoms with Gasteiger partial charge < -0.3 is 10.2 Å². The molecule has 1 atom stereocenters. The SMILES string of the molecule is CC1CN(c2ccc(F)c(F)c2)CCN1. The lowest BCUT2D eigenvalue weighted by Gasteiger charge is -2.33. The molecule has 82 valence electrons. The van der Waals surface area contributed by atoms with Crippen molar-refractivity contribution in [3.05, 3.63) is 29.8 Å². The van der Waals surface area contributed by atoms with Crippen molar-refractivity contribution >= 4 is 5.69 Å². The van der Waals surface area contributed by atoms with Crippen LogP contribution in [0.25, 0.3) is 0 Å². The van der Waals surface area contributed by atoms with Crippen molar-refractivity contribution in [2.45, 2.75) is 13.0 Å². The lowest BCUT2D eigenvalue weighted by molar-refractivity contribution is 0.480. The number of nitrogens with one attached hydrogen (secondary N) is 1. The van der Waals surface area contributed by atoms with Crippen molar-refractivity contribution < 1.29 is 8.78 Å². The molecule has 1 aliphatic heterocycles. The maximum absolute atomic E-state index is 13.0. The Hall–Kier alpha value is -1.16. The number of halogens is 2. The van der Waals surface area contributed by atoms with E-state index in [-0.39, 0.29) is 0 Å². The molecule has 4 heteroatoms. The normalized spacial score (nSPS) is 21.8. The molecule has 1 aromatic carbocycles. The molecular weight excluding hydrogens is 198 g/mol. The number of benzene rings is 1. The first-order valence-corrected chi connectivity index (χ1v) is 5.10. The van der Waals surface area contributed by atoms with E-state index in [0.29, 0.717) is 6.04 Å². The molecule has 15 heavy (non-hydrogen) atoms. The Morgan fingerprint density at radius 2 is 2.13 bits per heavy atom. The summed E-state index contributed by atoms with van der Waals surface area (Å²) in [6.45, 7) is 4.60. The molecule has 1 aliphatic rings. The summed E-state index contributed by atoms with van der Waals surface area (Å²) in [7, 11) is 0. The second-order valence-electron chi connectivity index (χ2n) is 3.90. The topological polar surface area (TPSA) is 15.3 Å². The zero-order chi connectivity index (χ0) is 10.8. The molecule has 1 N–H and O–H groups in total. The van der Waals surface area contributed by atoms with E-state index in [4.69, 9.17) is 0 Å². The zero-order valence-corrected chi connectivity index (χ0v) is 8.63. The van der Waals surface area contributed by atoms with Crippen molar-refractivity contribution in [1.29, 1.82) is 0 Å². The highest BCUT2D eigenvalue weighted by Gasteiger charge is 2.16. The molecule has 0 radical (unpaired) electrons. The first-order chi connectivity index (χ1) is 7.16. The molecule has 0 bridgehead atoms. The summed E-state index contributed by atoms with van der Waals surface area (Å²) >= 11 is 0. The highest BCUT2D eigenvalue weighted by atomic mass is 19.2. The van der Waals surface area contributed by atoms with E-state index in [0.717, 1.165) is 25.3 Å². The molecule has 1 aromatic rings. The third-order valence-electron chi connectivity index (χ3n) is 2.64. The van der Waals surface area contributed by atoms with Gasteiger partial charge in [0.05, 0.1) is 0 Å². The fraction of sp³-hybridized carbons (Fsp3) is 0.455. The van der Waals surface area contributed by atoms with Crippen LogP contribution in [0, 0.1) is 11.6 Å². The Kier molecular flexibility index (Phi) is 2.86. The van der Waals surface area contributed by atoms with Gasteiger partial charge in [-0.15, -0.1) is 0 Å². The molecule has 2 nitrogen and oxygen atoms in total. The highest BCUT2D eigenvalue weighted by molar-refractivity contribution is 5.47. The van der Waals surface area contributed by atoms with E-state index in [1.165, 1.54) is 12.1 Å². The maximum Gasteiger partial charge on any atom is 0.160 e. The van der Waals surface area contributed by atoms with Crippen LogP contribution in [0.5, 0.6) is 0 Å². The molecule has 0 amide bonds. The quantitative estimate of drug-likeness (QED) is 0.763. The molecule has 1 saturated heterocycles. The fourth-order valence-electron chi connectivity index (χ4n) is 1.85. The van der Waals surface area contributed by atoms with Crippen molar-refractivity contribution in [3.8, 4) is 0 Å². The lowest BCUT2D eigenvalue weighted by atomic mass is 10.2. The molecule has 0 saturated carbocycles. The monoisotopic (exact) mass is 212 g/mol. The summed E-state index contributed by atoms with van der Waals surface area (Å²) in [4.78, 5) is 2.06. The van der Waals surface area contributed by atoms with E-state index in [2.05, 4.69) is 17.1 Å². The largest absolute Gasteiger partial charge is 0.369 e. The van der Waals surface area contributed by atoms with Gasteiger partial charge in [-0.2, -0.15) is 0 Å². The molecule has 2 rings (SSSR count). The molecule has 0 spiro atoms. The van der Waals surface area contributed by atoms with Crippen LogP contribution >= 0.6 is 0 Å². The van der Waals surface area contributed by atoms with Gasteiger partial charge in [0.15, 0.2) is 11.6 Å². The van der Waals surface area contributed by atoms with E-state index in [1.54, 1.807) is 6.07 Å². The average molecular weight is 212 g/mol. The summed E-state index contributed by atoms with van der Waals surface area (Å²) in [5, 5.41) is 3.30. The highest BCUT2D eigenvalue weighted by Crippen LogP contribution is 2.19. The van der Waals surface area contributed by atoms with E-state index in [1.807, 2.05) is 0 Å². The summed E-state index contributed by atoms with van der Waals surface area (Å²) < 4.78 is 25.8. The molecule has 1 fully saturated rings. The van der Waals surface area contributed by atoms with Crippen molar-refractivity contribution in [3.63, 3.8) is 0 Å². The van der Waals surface area contributed by atoms with Gasteiger partial charge in [-0.25, -0.2) is 8.78 Å². The second kappa shape index (κ2) is 4.14. The summed E-state index contributed by atoms with van der Waals surface area (Å²) in [6.07, 6.45) is 0. The van der Waals surface area contributed by atoms with Crippen molar-refractivity contribution in [2.24, 2.45) is 0 Å². The first-order valence-electron chi connectivity index (χ1n) is 5.10. The van der Waals surface area contributed by atoms with Crippen LogP contribution in [-0.2, 0) is 0 Å². The van der Waals surface area contributed by atoms with Gasteiger partial charge in [0.1, 0.15) is 0 Å². The van der Waals surface area contributed by atoms with E-state index < -0.39 is 11.6 Å². The maximum atomic E-state index is 13.0. The Labute approximate surface area is 87.9 Å². The van der Waals surface area contributed by atoms with Crippen LogP contribution in [0.1, 0.15) is 6.92 Å². The van der Waals surface area contributed by atoms with Gasteiger partial charge in [-0.1, -0.05) is 0 Å². The number of piperazine rings is 1. The van der Waals surface area contributed by atoms with Crippen LogP contribution in [0.2, 0.25) is 0 Å². The van der Waals surface area contributed by atoms with Crippen LogP contribution in [-0.4, -0.2) is 25.7 Å². The standard InChI is InChI=1S/C11H14F2N2/c1-8-7-15(5-4-14-8)9-2-3-10(12)11(13)6-9/h2-3,6,8,14H,4-5,7H2,1H3. The molecule has 0 aromatic heterocycles. The van der Waals surface area contributed by atoms with Crippen LogP contribution in [0.4, 0.5) is 14.5 Å². The fourth-order valence-corrected chi connectivity index (χ4v) is 1.85. The number of rotatable bonds is 1. The number of anilines is 1. The van der Waals surface area contributed by atoms with Gasteiger partial charge >= 0.3 is 0 Å². The lowest BCUT2D eigenvalue weighted by Crippen LogP contribution is -2.49. The predicted octanol–water partition coefficient (Wildman–Crippen LogP) is 1.76. The first kappa shape index (κ1) is 10.4. The molecule has 1 heterocycles. The summed E-state index contributed by atoms with van der Waals surface area (Å²) in [5.41, 5.74) is 0.752. The van der Waals surface area contributed by atoms with Crippen LogP contribution < -0.4 is 10.2 Å². The Bertz CT molecular complexity index is 354. The summed E-state index contributed by atoms with van der Waals surface area (Å²) in [5.74, 6) is -1.57. The van der Waals surface area contributed by atoms with Crippen molar-refractivity contribution in [2.75, 3.05) is 24.5 Å². The Morgan fingerprint density at radius 3 is 2.80 bits per heavy atom. The number of hydrogen-bond acceptors (Lipinski definition) is 2. The number of hydrogen-bond donors (Lipinski definition) is 1. The van der Waals surface area contributed by atoms with Gasteiger partial charge in [0.25, 0.3) is 0 Å². The molecular formula is C11H14F2N2. The van der Waals surface area contributed by atoms with Gasteiger partial charge in [0.2, 0.25) is 0 Å². The van der Waals surface area contributed by atoms with Crippen LogP contribution in [0.3, 0.4) is 0 Å². The van der Waals surface area contributed by atoms with Gasteiger partial charge in [-0.3, -0.25) is 0 Å². The Balaban J connectivity index is 2.18. The van der Waals surface area contributed by atoms with Gasteiger partial charge in [0, 0.05) is 37.4 Å². The minimum Gasteiger partial charge on any atom is -0.369 e. The number of nitrogens with zero attached hydrogens (tertiary/aromatic N) is 1. The summed E-state index contributed by atoms with van der Waals surface area (Å²) in [6, 6.07) is 4.44. The third-order valence-corrected chi connectivity index (χ3v) is 2.64. The van der Waals surface area contributed by atoms with Crippen LogP contribution in [0.15, 0.2) is 18.2 Å². The third kappa shape index (κ3) is 2.26. The second-order valence-corrected chi connectivity index (χ2v) is 3.90. The molecule has 0 aliphatic carbocycles. The van der Waals surface area contributed by atoms with E-state index in [9.17, 15) is 8.78 Å². The minimum atomic E-state index is -0.790. The molecule has 1 unspecified atom stereocenters. The van der Waals surface area contributed by atoms with Gasteiger partial charge in [-0.05, 0) is 19.1 Å². The Morgan fingerprint density at radius 1 is 1.33 bits per heavy atom. The minimum absolute atomic E-state index is 0.381. The average Bonchev–Trinajstić information content (AvgIpc) is 2.22. The van der Waals surface area contributed by atoms with E-state index >= 15 is 0 Å². The van der Waals surface area contributed by atoms with Crippen molar-refractivity contribution in [1.82, 2.24) is 5.32 Å². The zero-order valence-electron chi connectivity index (χ0n) is 8.63. The predicted molar refractivity (Wildman–Crippen MR) is 56.0 cm³/mol. The smallest absolute Gasteiger partial charge is 0.160 e.